The maximum absolute atomic E-state index is 13.8. The largest absolute Gasteiger partial charge is 0.381 e. The van der Waals surface area contributed by atoms with Crippen LogP contribution in [0.2, 0.25) is 0 Å². The first kappa shape index (κ1) is 20.4. The number of rotatable bonds is 6. The average molecular weight is 410 g/mol. The van der Waals surface area contributed by atoms with E-state index in [-0.39, 0.29) is 17.3 Å². The number of aromatic amines is 1. The van der Waals surface area contributed by atoms with E-state index < -0.39 is 0 Å². The first-order valence-electron chi connectivity index (χ1n) is 10.5. The molecule has 0 saturated carbocycles. The van der Waals surface area contributed by atoms with Gasteiger partial charge >= 0.3 is 6.03 Å². The van der Waals surface area contributed by atoms with Crippen LogP contribution in [-0.2, 0) is 16.6 Å². The summed E-state index contributed by atoms with van der Waals surface area (Å²) in [5, 5.41) is 7.19. The van der Waals surface area contributed by atoms with Crippen molar-refractivity contribution in [3.05, 3.63) is 71.2 Å². The van der Waals surface area contributed by atoms with Crippen LogP contribution < -0.4 is 10.6 Å². The third kappa shape index (κ3) is 4.33. The quantitative estimate of drug-likeness (QED) is 0.571. The summed E-state index contributed by atoms with van der Waals surface area (Å²) in [5.41, 5.74) is 4.16. The Morgan fingerprint density at radius 3 is 2.77 bits per heavy atom. The lowest BCUT2D eigenvalue weighted by Gasteiger charge is -2.38. The Kier molecular flexibility index (Phi) is 6.04. The van der Waals surface area contributed by atoms with E-state index in [9.17, 15) is 9.18 Å². The highest BCUT2D eigenvalue weighted by molar-refractivity contribution is 5.86. The lowest BCUT2D eigenvalue weighted by molar-refractivity contribution is 0.0506. The predicted octanol–water partition coefficient (Wildman–Crippen LogP) is 4.21. The summed E-state index contributed by atoms with van der Waals surface area (Å²) in [4.78, 5) is 15.7. The molecule has 0 radical (unpaired) electrons. The molecule has 0 spiro atoms. The topological polar surface area (TPSA) is 66.2 Å². The minimum Gasteiger partial charge on any atom is -0.381 e. The Morgan fingerprint density at radius 2 is 1.97 bits per heavy atom. The van der Waals surface area contributed by atoms with Crippen molar-refractivity contribution in [2.75, 3.05) is 26.3 Å². The van der Waals surface area contributed by atoms with Gasteiger partial charge in [0.1, 0.15) is 5.82 Å². The molecular weight excluding hydrogens is 381 g/mol. The highest BCUT2D eigenvalue weighted by atomic mass is 19.1. The molecular formula is C24H28FN3O2. The third-order valence-corrected chi connectivity index (χ3v) is 6.15. The molecule has 1 aliphatic rings. The number of aromatic nitrogens is 1. The van der Waals surface area contributed by atoms with Gasteiger partial charge in [0.2, 0.25) is 0 Å². The van der Waals surface area contributed by atoms with Crippen LogP contribution in [0, 0.1) is 12.7 Å². The van der Waals surface area contributed by atoms with E-state index in [1.165, 1.54) is 22.6 Å². The van der Waals surface area contributed by atoms with Gasteiger partial charge < -0.3 is 20.4 Å². The van der Waals surface area contributed by atoms with Gasteiger partial charge in [-0.2, -0.15) is 0 Å². The summed E-state index contributed by atoms with van der Waals surface area (Å²) in [6.45, 7) is 4.32. The Labute approximate surface area is 176 Å². The maximum atomic E-state index is 13.8. The molecule has 0 bridgehead atoms. The number of amides is 2. The summed E-state index contributed by atoms with van der Waals surface area (Å²) in [6, 6.07) is 12.7. The fourth-order valence-electron chi connectivity index (χ4n) is 4.42. The number of ether oxygens (including phenoxy) is 1. The zero-order valence-corrected chi connectivity index (χ0v) is 17.3. The van der Waals surface area contributed by atoms with Crippen molar-refractivity contribution >= 4 is 16.9 Å². The molecule has 2 amide bonds. The van der Waals surface area contributed by atoms with Crippen molar-refractivity contribution in [3.63, 3.8) is 0 Å². The Morgan fingerprint density at radius 1 is 1.17 bits per heavy atom. The van der Waals surface area contributed by atoms with Crippen molar-refractivity contribution in [2.45, 2.75) is 31.6 Å². The number of carbonyl (C=O) groups excluding carboxylic acids is 1. The number of carbonyl (C=O) groups is 1. The zero-order chi connectivity index (χ0) is 21.0. The molecule has 158 valence electrons. The summed E-state index contributed by atoms with van der Waals surface area (Å²) in [6.07, 6.45) is 4.27. The van der Waals surface area contributed by atoms with Crippen molar-refractivity contribution in [2.24, 2.45) is 0 Å². The lowest BCUT2D eigenvalue weighted by atomic mass is 9.74. The van der Waals surface area contributed by atoms with Gasteiger partial charge in [0.25, 0.3) is 0 Å². The monoisotopic (exact) mass is 409 g/mol. The summed E-state index contributed by atoms with van der Waals surface area (Å²) in [7, 11) is 0. The second-order valence-electron chi connectivity index (χ2n) is 8.07. The molecule has 4 rings (SSSR count). The Hall–Kier alpha value is -2.86. The third-order valence-electron chi connectivity index (χ3n) is 6.15. The van der Waals surface area contributed by atoms with Crippen molar-refractivity contribution in [3.8, 4) is 0 Å². The molecule has 0 atom stereocenters. The van der Waals surface area contributed by atoms with Crippen molar-refractivity contribution < 1.29 is 13.9 Å². The molecule has 1 aliphatic heterocycles. The van der Waals surface area contributed by atoms with Gasteiger partial charge in [-0.25, -0.2) is 9.18 Å². The van der Waals surface area contributed by atoms with Crippen LogP contribution in [0.1, 0.15) is 29.5 Å². The lowest BCUT2D eigenvalue weighted by Crippen LogP contribution is -2.47. The Balaban J connectivity index is 1.35. The molecule has 1 saturated heterocycles. The number of benzene rings is 2. The zero-order valence-electron chi connectivity index (χ0n) is 17.3. The number of urea groups is 1. The normalized spacial score (nSPS) is 15.8. The highest BCUT2D eigenvalue weighted by Gasteiger charge is 2.35. The summed E-state index contributed by atoms with van der Waals surface area (Å²) < 4.78 is 19.3. The molecule has 0 aliphatic carbocycles. The molecule has 2 aromatic carbocycles. The molecule has 3 N–H and O–H groups in total. The highest BCUT2D eigenvalue weighted by Crippen LogP contribution is 2.34. The molecule has 1 aromatic heterocycles. The maximum Gasteiger partial charge on any atom is 0.314 e. The smallest absolute Gasteiger partial charge is 0.314 e. The van der Waals surface area contributed by atoms with Crippen LogP contribution in [0.5, 0.6) is 0 Å². The van der Waals surface area contributed by atoms with E-state index in [2.05, 4.69) is 34.7 Å². The van der Waals surface area contributed by atoms with E-state index in [1.54, 1.807) is 12.1 Å². The predicted molar refractivity (Wildman–Crippen MR) is 116 cm³/mol. The average Bonchev–Trinajstić information content (AvgIpc) is 3.17. The van der Waals surface area contributed by atoms with E-state index in [0.717, 1.165) is 30.3 Å². The van der Waals surface area contributed by atoms with E-state index >= 15 is 0 Å². The second-order valence-corrected chi connectivity index (χ2v) is 8.07. The number of fused-ring (bicyclic) bond motifs is 1. The van der Waals surface area contributed by atoms with Crippen LogP contribution in [0.3, 0.4) is 0 Å². The SMILES string of the molecule is Cc1cccc2[nH]cc(CCNC(=O)NCC3(c4cccc(F)c4)CCOCC3)c12. The van der Waals surface area contributed by atoms with Crippen LogP contribution >= 0.6 is 0 Å². The summed E-state index contributed by atoms with van der Waals surface area (Å²) in [5.74, 6) is -0.253. The van der Waals surface area contributed by atoms with Gasteiger partial charge in [0.05, 0.1) is 0 Å². The first-order chi connectivity index (χ1) is 14.6. The first-order valence-corrected chi connectivity index (χ1v) is 10.5. The number of halogens is 1. The van der Waals surface area contributed by atoms with Crippen LogP contribution in [0.25, 0.3) is 10.9 Å². The molecule has 30 heavy (non-hydrogen) atoms. The minimum atomic E-state index is -0.300. The van der Waals surface area contributed by atoms with Gasteiger partial charge in [-0.15, -0.1) is 0 Å². The molecule has 0 unspecified atom stereocenters. The summed E-state index contributed by atoms with van der Waals surface area (Å²) >= 11 is 0. The molecule has 5 nitrogen and oxygen atoms in total. The number of hydrogen-bond acceptors (Lipinski definition) is 2. The van der Waals surface area contributed by atoms with Gasteiger partial charge in [0.15, 0.2) is 0 Å². The van der Waals surface area contributed by atoms with Gasteiger partial charge in [0, 0.05) is 48.8 Å². The molecule has 3 aromatic rings. The number of aryl methyl sites for hydroxylation is 1. The van der Waals surface area contributed by atoms with Gasteiger partial charge in [-0.3, -0.25) is 0 Å². The van der Waals surface area contributed by atoms with Gasteiger partial charge in [-0.1, -0.05) is 24.3 Å². The van der Waals surface area contributed by atoms with Crippen molar-refractivity contribution in [1.29, 1.82) is 0 Å². The molecule has 6 heteroatoms. The van der Waals surface area contributed by atoms with E-state index in [4.69, 9.17) is 4.74 Å². The van der Waals surface area contributed by atoms with Crippen LogP contribution in [0.15, 0.2) is 48.7 Å². The fraction of sp³-hybridized carbons (Fsp3) is 0.375. The van der Waals surface area contributed by atoms with E-state index in [0.29, 0.717) is 26.3 Å². The number of nitrogens with one attached hydrogen (secondary N) is 3. The standard InChI is InChI=1S/C24H28FN3O2/c1-17-4-2-7-21-22(17)18(15-27-21)8-11-26-23(29)28-16-24(9-12-30-13-10-24)19-5-3-6-20(25)14-19/h2-7,14-15,27H,8-13,16H2,1H3,(H2,26,28,29). The van der Waals surface area contributed by atoms with Gasteiger partial charge in [-0.05, 0) is 61.1 Å². The molecule has 1 fully saturated rings. The Bertz CT molecular complexity index is 1020. The van der Waals surface area contributed by atoms with Crippen LogP contribution in [-0.4, -0.2) is 37.3 Å². The van der Waals surface area contributed by atoms with Crippen LogP contribution in [0.4, 0.5) is 9.18 Å². The second kappa shape index (κ2) is 8.88. The molecule has 2 heterocycles. The van der Waals surface area contributed by atoms with E-state index in [1.807, 2.05) is 18.3 Å². The number of H-pyrrole nitrogens is 1. The number of hydrogen-bond donors (Lipinski definition) is 3. The fourth-order valence-corrected chi connectivity index (χ4v) is 4.42. The minimum absolute atomic E-state index is 0.200. The van der Waals surface area contributed by atoms with Crippen molar-refractivity contribution in [1.82, 2.24) is 15.6 Å².